The van der Waals surface area contributed by atoms with Gasteiger partial charge in [0.15, 0.2) is 11.5 Å². The van der Waals surface area contributed by atoms with Crippen LogP contribution in [0, 0.1) is 0 Å². The summed E-state index contributed by atoms with van der Waals surface area (Å²) in [5.41, 5.74) is 1.28. The standard InChI is InChI=1S/C21H31N3O3S/c1-28-12-6-21(25)24-7-2-3-18(15-24)23-10-8-22(9-11-23)14-17-4-5-19-20(13-17)27-16-26-19/h4-5,13,18H,2-3,6-12,14-16H2,1H3/t18-/m1/s1. The lowest BCUT2D eigenvalue weighted by Crippen LogP contribution is -2.55. The number of benzene rings is 1. The third-order valence-corrected chi connectivity index (χ3v) is 6.65. The van der Waals surface area contributed by atoms with Crippen LogP contribution in [-0.4, -0.2) is 84.7 Å². The van der Waals surface area contributed by atoms with Crippen LogP contribution in [0.25, 0.3) is 0 Å². The van der Waals surface area contributed by atoms with Crippen molar-refractivity contribution in [1.82, 2.24) is 14.7 Å². The normalized spacial score (nSPS) is 23.2. The van der Waals surface area contributed by atoms with Crippen LogP contribution in [0.5, 0.6) is 11.5 Å². The van der Waals surface area contributed by atoms with Crippen LogP contribution in [0.1, 0.15) is 24.8 Å². The Morgan fingerprint density at radius 1 is 1.14 bits per heavy atom. The second kappa shape index (κ2) is 9.37. The van der Waals surface area contributed by atoms with Crippen molar-refractivity contribution in [3.8, 4) is 11.5 Å². The molecule has 3 aliphatic rings. The number of carbonyl (C=O) groups is 1. The third-order valence-electron chi connectivity index (χ3n) is 6.04. The number of carbonyl (C=O) groups excluding carboxylic acids is 1. The average Bonchev–Trinajstić information content (AvgIpc) is 3.20. The topological polar surface area (TPSA) is 45.3 Å². The molecule has 3 aliphatic heterocycles. The number of rotatable bonds is 6. The minimum absolute atomic E-state index is 0.329. The van der Waals surface area contributed by atoms with Crippen molar-refractivity contribution >= 4 is 17.7 Å². The molecule has 28 heavy (non-hydrogen) atoms. The Hall–Kier alpha value is -1.44. The predicted octanol–water partition coefficient (Wildman–Crippen LogP) is 2.28. The van der Waals surface area contributed by atoms with E-state index in [1.54, 1.807) is 11.8 Å². The molecule has 154 valence electrons. The number of thioether (sulfide) groups is 1. The van der Waals surface area contributed by atoms with Gasteiger partial charge in [0.25, 0.3) is 0 Å². The second-order valence-electron chi connectivity index (χ2n) is 7.88. The Balaban J connectivity index is 1.25. The maximum absolute atomic E-state index is 12.4. The van der Waals surface area contributed by atoms with Crippen LogP contribution in [0.15, 0.2) is 18.2 Å². The van der Waals surface area contributed by atoms with Gasteiger partial charge in [0.2, 0.25) is 12.7 Å². The van der Waals surface area contributed by atoms with Crippen LogP contribution in [0.4, 0.5) is 0 Å². The summed E-state index contributed by atoms with van der Waals surface area (Å²) in [6.45, 7) is 7.45. The van der Waals surface area contributed by atoms with Crippen LogP contribution in [0.3, 0.4) is 0 Å². The molecule has 0 radical (unpaired) electrons. The molecule has 0 N–H and O–H groups in total. The van der Waals surface area contributed by atoms with Crippen LogP contribution < -0.4 is 9.47 Å². The summed E-state index contributed by atoms with van der Waals surface area (Å²) in [4.78, 5) is 19.6. The maximum Gasteiger partial charge on any atom is 0.231 e. The largest absolute Gasteiger partial charge is 0.454 e. The Bertz CT molecular complexity index is 679. The van der Waals surface area contributed by atoms with Crippen LogP contribution in [-0.2, 0) is 11.3 Å². The molecular formula is C21H31N3O3S. The number of hydrogen-bond acceptors (Lipinski definition) is 6. The van der Waals surface area contributed by atoms with Gasteiger partial charge in [-0.1, -0.05) is 6.07 Å². The Morgan fingerprint density at radius 2 is 1.96 bits per heavy atom. The zero-order valence-electron chi connectivity index (χ0n) is 16.8. The van der Waals surface area contributed by atoms with Crippen molar-refractivity contribution in [3.05, 3.63) is 23.8 Å². The molecule has 0 aliphatic carbocycles. The minimum Gasteiger partial charge on any atom is -0.454 e. The third kappa shape index (κ3) is 4.75. The summed E-state index contributed by atoms with van der Waals surface area (Å²) >= 11 is 1.75. The van der Waals surface area contributed by atoms with E-state index in [9.17, 15) is 4.79 Å². The van der Waals surface area contributed by atoms with Gasteiger partial charge >= 0.3 is 0 Å². The number of likely N-dealkylation sites (tertiary alicyclic amines) is 1. The number of nitrogens with zero attached hydrogens (tertiary/aromatic N) is 3. The number of piperazine rings is 1. The van der Waals surface area contributed by atoms with Gasteiger partial charge in [-0.3, -0.25) is 14.6 Å². The lowest BCUT2D eigenvalue weighted by atomic mass is 10.0. The van der Waals surface area contributed by atoms with E-state index in [1.165, 1.54) is 12.0 Å². The summed E-state index contributed by atoms with van der Waals surface area (Å²) < 4.78 is 10.9. The monoisotopic (exact) mass is 405 g/mol. The van der Waals surface area contributed by atoms with Gasteiger partial charge in [0, 0.05) is 64.0 Å². The van der Waals surface area contributed by atoms with Gasteiger partial charge in [-0.25, -0.2) is 0 Å². The van der Waals surface area contributed by atoms with E-state index >= 15 is 0 Å². The van der Waals surface area contributed by atoms with Gasteiger partial charge in [0.1, 0.15) is 0 Å². The highest BCUT2D eigenvalue weighted by atomic mass is 32.2. The first-order valence-corrected chi connectivity index (χ1v) is 11.7. The lowest BCUT2D eigenvalue weighted by Gasteiger charge is -2.43. The number of fused-ring (bicyclic) bond motifs is 1. The fourth-order valence-corrected chi connectivity index (χ4v) is 4.79. The number of hydrogen-bond donors (Lipinski definition) is 0. The molecule has 1 atom stereocenters. The van der Waals surface area contributed by atoms with E-state index in [2.05, 4.69) is 33.1 Å². The van der Waals surface area contributed by atoms with E-state index in [0.29, 0.717) is 25.2 Å². The number of amides is 1. The molecule has 2 saturated heterocycles. The van der Waals surface area contributed by atoms with Gasteiger partial charge in [-0.2, -0.15) is 11.8 Å². The fourth-order valence-electron chi connectivity index (χ4n) is 4.41. The Morgan fingerprint density at radius 3 is 2.79 bits per heavy atom. The summed E-state index contributed by atoms with van der Waals surface area (Å²) in [6, 6.07) is 6.78. The zero-order valence-corrected chi connectivity index (χ0v) is 17.6. The zero-order chi connectivity index (χ0) is 19.3. The van der Waals surface area contributed by atoms with E-state index in [4.69, 9.17) is 9.47 Å². The molecule has 0 bridgehead atoms. The van der Waals surface area contributed by atoms with E-state index < -0.39 is 0 Å². The summed E-state index contributed by atoms with van der Waals surface area (Å²) in [7, 11) is 0. The molecule has 3 heterocycles. The van der Waals surface area contributed by atoms with Crippen molar-refractivity contribution in [1.29, 1.82) is 0 Å². The molecule has 0 unspecified atom stereocenters. The molecule has 1 amide bonds. The molecule has 0 saturated carbocycles. The van der Waals surface area contributed by atoms with Gasteiger partial charge < -0.3 is 14.4 Å². The minimum atomic E-state index is 0.329. The lowest BCUT2D eigenvalue weighted by molar-refractivity contribution is -0.133. The summed E-state index contributed by atoms with van der Waals surface area (Å²) in [5, 5.41) is 0. The molecule has 1 aromatic carbocycles. The van der Waals surface area contributed by atoms with E-state index in [1.807, 2.05) is 6.07 Å². The van der Waals surface area contributed by atoms with Gasteiger partial charge in [0.05, 0.1) is 0 Å². The quantitative estimate of drug-likeness (QED) is 0.724. The van der Waals surface area contributed by atoms with E-state index in [0.717, 1.165) is 69.5 Å². The molecular weight excluding hydrogens is 374 g/mol. The molecule has 6 nitrogen and oxygen atoms in total. The molecule has 7 heteroatoms. The SMILES string of the molecule is CSCCC(=O)N1CCC[C@@H](N2CCN(Cc3ccc4c(c3)OCO4)CC2)C1. The summed E-state index contributed by atoms with van der Waals surface area (Å²) in [5.74, 6) is 2.98. The maximum atomic E-state index is 12.4. The first-order chi connectivity index (χ1) is 13.7. The molecule has 0 spiro atoms. The van der Waals surface area contributed by atoms with Crippen molar-refractivity contribution in [2.75, 3.05) is 58.1 Å². The second-order valence-corrected chi connectivity index (χ2v) is 8.86. The Kier molecular flexibility index (Phi) is 6.65. The molecule has 0 aromatic heterocycles. The predicted molar refractivity (Wildman–Crippen MR) is 112 cm³/mol. The van der Waals surface area contributed by atoms with Crippen molar-refractivity contribution in [2.24, 2.45) is 0 Å². The van der Waals surface area contributed by atoms with Crippen LogP contribution >= 0.6 is 11.8 Å². The van der Waals surface area contributed by atoms with Crippen molar-refractivity contribution in [3.63, 3.8) is 0 Å². The molecule has 1 aromatic rings. The van der Waals surface area contributed by atoms with Gasteiger partial charge in [-0.15, -0.1) is 0 Å². The fraction of sp³-hybridized carbons (Fsp3) is 0.667. The Labute approximate surface area is 172 Å². The first-order valence-electron chi connectivity index (χ1n) is 10.3. The average molecular weight is 406 g/mol. The van der Waals surface area contributed by atoms with E-state index in [-0.39, 0.29) is 0 Å². The van der Waals surface area contributed by atoms with Crippen LogP contribution in [0.2, 0.25) is 0 Å². The highest BCUT2D eigenvalue weighted by Crippen LogP contribution is 2.33. The highest BCUT2D eigenvalue weighted by molar-refractivity contribution is 7.98. The van der Waals surface area contributed by atoms with Gasteiger partial charge in [-0.05, 0) is 36.8 Å². The summed E-state index contributed by atoms with van der Waals surface area (Å²) in [6.07, 6.45) is 5.09. The smallest absolute Gasteiger partial charge is 0.231 e. The van der Waals surface area contributed by atoms with Crippen molar-refractivity contribution < 1.29 is 14.3 Å². The highest BCUT2D eigenvalue weighted by Gasteiger charge is 2.29. The molecule has 4 rings (SSSR count). The number of ether oxygens (including phenoxy) is 2. The molecule has 2 fully saturated rings. The first kappa shape index (κ1) is 19.9. The number of piperidine rings is 1. The van der Waals surface area contributed by atoms with Crippen molar-refractivity contribution in [2.45, 2.75) is 31.8 Å².